The second-order valence-corrected chi connectivity index (χ2v) is 6.44. The van der Waals surface area contributed by atoms with Crippen molar-refractivity contribution in [2.24, 2.45) is 0 Å². The summed E-state index contributed by atoms with van der Waals surface area (Å²) in [4.78, 5) is 2.20. The number of methoxy groups -OCH3 is 1. The molecule has 0 bridgehead atoms. The Bertz CT molecular complexity index is 785. The molecular weight excluding hydrogens is 322 g/mol. The SMILES string of the molecule is COc1ccc(O[C@H](c2ccccc2)[C@@H](c2ccccc2)N(C)C)cc1. The Hall–Kier alpha value is -2.78. The van der Waals surface area contributed by atoms with Crippen LogP contribution < -0.4 is 9.47 Å². The standard InChI is InChI=1S/C23H25NO2/c1-24(2)22(18-10-6-4-7-11-18)23(19-12-8-5-9-13-19)26-21-16-14-20(25-3)15-17-21/h4-17,22-23H,1-3H3/t22-,23-/m1/s1. The fourth-order valence-electron chi connectivity index (χ4n) is 3.15. The summed E-state index contributed by atoms with van der Waals surface area (Å²) in [5.74, 6) is 1.64. The van der Waals surface area contributed by atoms with Crippen LogP contribution in [0.1, 0.15) is 23.3 Å². The van der Waals surface area contributed by atoms with Crippen LogP contribution in [0.2, 0.25) is 0 Å². The zero-order chi connectivity index (χ0) is 18.4. The Morgan fingerprint density at radius 1 is 0.654 bits per heavy atom. The lowest BCUT2D eigenvalue weighted by atomic mass is 9.94. The second-order valence-electron chi connectivity index (χ2n) is 6.44. The zero-order valence-electron chi connectivity index (χ0n) is 15.5. The van der Waals surface area contributed by atoms with Crippen molar-refractivity contribution >= 4 is 0 Å². The van der Waals surface area contributed by atoms with E-state index in [9.17, 15) is 0 Å². The molecule has 0 unspecified atom stereocenters. The highest BCUT2D eigenvalue weighted by molar-refractivity contribution is 5.33. The van der Waals surface area contributed by atoms with Gasteiger partial charge in [-0.1, -0.05) is 60.7 Å². The topological polar surface area (TPSA) is 21.7 Å². The highest BCUT2D eigenvalue weighted by Gasteiger charge is 2.28. The molecule has 0 amide bonds. The van der Waals surface area contributed by atoms with Gasteiger partial charge in [0.15, 0.2) is 0 Å². The van der Waals surface area contributed by atoms with Gasteiger partial charge < -0.3 is 9.47 Å². The first kappa shape index (κ1) is 18.0. The maximum atomic E-state index is 6.48. The summed E-state index contributed by atoms with van der Waals surface area (Å²) in [5, 5.41) is 0. The molecule has 3 rings (SSSR count). The van der Waals surface area contributed by atoms with E-state index in [2.05, 4.69) is 67.5 Å². The molecule has 0 fully saturated rings. The van der Waals surface area contributed by atoms with Gasteiger partial charge in [-0.3, -0.25) is 4.90 Å². The number of rotatable bonds is 7. The number of likely N-dealkylation sites (N-methyl/N-ethyl adjacent to an activating group) is 1. The van der Waals surface area contributed by atoms with Crippen LogP contribution in [-0.4, -0.2) is 26.1 Å². The Morgan fingerprint density at radius 3 is 1.65 bits per heavy atom. The molecule has 0 saturated heterocycles. The summed E-state index contributed by atoms with van der Waals surface area (Å²) in [6, 6.07) is 28.7. The summed E-state index contributed by atoms with van der Waals surface area (Å²) < 4.78 is 11.7. The van der Waals surface area contributed by atoms with Gasteiger partial charge in [0, 0.05) is 0 Å². The maximum Gasteiger partial charge on any atom is 0.143 e. The van der Waals surface area contributed by atoms with Crippen molar-refractivity contribution in [2.75, 3.05) is 21.2 Å². The van der Waals surface area contributed by atoms with Crippen molar-refractivity contribution < 1.29 is 9.47 Å². The molecule has 134 valence electrons. The van der Waals surface area contributed by atoms with Crippen molar-refractivity contribution in [3.63, 3.8) is 0 Å². The van der Waals surface area contributed by atoms with Crippen molar-refractivity contribution in [3.05, 3.63) is 96.1 Å². The van der Waals surface area contributed by atoms with Gasteiger partial charge in [0.25, 0.3) is 0 Å². The lowest BCUT2D eigenvalue weighted by molar-refractivity contribution is 0.0964. The van der Waals surface area contributed by atoms with Crippen LogP contribution in [0.15, 0.2) is 84.9 Å². The molecule has 0 radical (unpaired) electrons. The van der Waals surface area contributed by atoms with Gasteiger partial charge in [-0.15, -0.1) is 0 Å². The second kappa shape index (κ2) is 8.54. The smallest absolute Gasteiger partial charge is 0.143 e. The van der Waals surface area contributed by atoms with Crippen LogP contribution in [0, 0.1) is 0 Å². The minimum atomic E-state index is -0.137. The summed E-state index contributed by atoms with van der Waals surface area (Å²) in [6.07, 6.45) is -0.137. The number of nitrogens with zero attached hydrogens (tertiary/aromatic N) is 1. The van der Waals surface area contributed by atoms with Gasteiger partial charge in [-0.25, -0.2) is 0 Å². The summed E-state index contributed by atoms with van der Waals surface area (Å²) in [6.45, 7) is 0. The monoisotopic (exact) mass is 347 g/mol. The van der Waals surface area contributed by atoms with Gasteiger partial charge in [-0.05, 0) is 49.5 Å². The number of ether oxygens (including phenoxy) is 2. The lowest BCUT2D eigenvalue weighted by Gasteiger charge is -2.33. The van der Waals surface area contributed by atoms with Crippen LogP contribution in [0.5, 0.6) is 11.5 Å². The van der Waals surface area contributed by atoms with Gasteiger partial charge in [-0.2, -0.15) is 0 Å². The van der Waals surface area contributed by atoms with E-state index >= 15 is 0 Å². The van der Waals surface area contributed by atoms with Crippen LogP contribution in [-0.2, 0) is 0 Å². The predicted molar refractivity (Wildman–Crippen MR) is 106 cm³/mol. The van der Waals surface area contributed by atoms with Gasteiger partial charge in [0.05, 0.1) is 13.2 Å². The molecule has 0 aliphatic heterocycles. The third-order valence-corrected chi connectivity index (χ3v) is 4.43. The van der Waals surface area contributed by atoms with Crippen LogP contribution in [0.4, 0.5) is 0 Å². The first-order valence-corrected chi connectivity index (χ1v) is 8.76. The minimum Gasteiger partial charge on any atom is -0.497 e. The van der Waals surface area contributed by atoms with Crippen molar-refractivity contribution in [1.29, 1.82) is 0 Å². The van der Waals surface area contributed by atoms with Crippen molar-refractivity contribution in [1.82, 2.24) is 4.90 Å². The Morgan fingerprint density at radius 2 is 1.15 bits per heavy atom. The fraction of sp³-hybridized carbons (Fsp3) is 0.217. The highest BCUT2D eigenvalue weighted by atomic mass is 16.5. The normalized spacial score (nSPS) is 13.2. The molecular formula is C23H25NO2. The molecule has 0 aromatic heterocycles. The summed E-state index contributed by atoms with van der Waals surface area (Å²) >= 11 is 0. The van der Waals surface area contributed by atoms with E-state index in [1.54, 1.807) is 7.11 Å². The molecule has 3 nitrogen and oxygen atoms in total. The largest absolute Gasteiger partial charge is 0.497 e. The molecule has 2 atom stereocenters. The van der Waals surface area contributed by atoms with E-state index in [1.165, 1.54) is 5.56 Å². The Balaban J connectivity index is 1.99. The Labute approximate surface area is 155 Å². The van der Waals surface area contributed by atoms with E-state index in [1.807, 2.05) is 36.4 Å². The molecule has 0 saturated carbocycles. The third-order valence-electron chi connectivity index (χ3n) is 4.43. The maximum absolute atomic E-state index is 6.48. The molecule has 0 spiro atoms. The Kier molecular flexibility index (Phi) is 5.92. The van der Waals surface area contributed by atoms with E-state index in [0.717, 1.165) is 17.1 Å². The van der Waals surface area contributed by atoms with Crippen LogP contribution in [0.3, 0.4) is 0 Å². The highest BCUT2D eigenvalue weighted by Crippen LogP contribution is 2.36. The van der Waals surface area contributed by atoms with E-state index in [4.69, 9.17) is 9.47 Å². The third kappa shape index (κ3) is 4.24. The number of hydrogen-bond donors (Lipinski definition) is 0. The lowest BCUT2D eigenvalue weighted by Crippen LogP contribution is -2.29. The first-order valence-electron chi connectivity index (χ1n) is 8.76. The van der Waals surface area contributed by atoms with Crippen LogP contribution >= 0.6 is 0 Å². The predicted octanol–water partition coefficient (Wildman–Crippen LogP) is 5.12. The molecule has 0 aliphatic carbocycles. The minimum absolute atomic E-state index is 0.0840. The van der Waals surface area contributed by atoms with Crippen molar-refractivity contribution in [3.8, 4) is 11.5 Å². The van der Waals surface area contributed by atoms with Gasteiger partial charge in [0.2, 0.25) is 0 Å². The molecule has 0 aliphatic rings. The van der Waals surface area contributed by atoms with Gasteiger partial charge in [0.1, 0.15) is 17.6 Å². The van der Waals surface area contributed by atoms with E-state index in [0.29, 0.717) is 0 Å². The van der Waals surface area contributed by atoms with E-state index in [-0.39, 0.29) is 12.1 Å². The molecule has 3 aromatic carbocycles. The van der Waals surface area contributed by atoms with E-state index < -0.39 is 0 Å². The first-order chi connectivity index (χ1) is 12.7. The fourth-order valence-corrected chi connectivity index (χ4v) is 3.15. The molecule has 26 heavy (non-hydrogen) atoms. The number of benzene rings is 3. The van der Waals surface area contributed by atoms with Crippen molar-refractivity contribution in [2.45, 2.75) is 12.1 Å². The average molecular weight is 347 g/mol. The summed E-state index contributed by atoms with van der Waals surface area (Å²) in [5.41, 5.74) is 2.37. The molecule has 0 N–H and O–H groups in total. The summed E-state index contributed by atoms with van der Waals surface area (Å²) in [7, 11) is 5.84. The molecule has 3 heteroatoms. The number of hydrogen-bond acceptors (Lipinski definition) is 3. The van der Waals surface area contributed by atoms with Gasteiger partial charge >= 0.3 is 0 Å². The molecule has 3 aromatic rings. The molecule has 0 heterocycles. The zero-order valence-corrected chi connectivity index (χ0v) is 15.5. The quantitative estimate of drug-likeness (QED) is 0.592. The van der Waals surface area contributed by atoms with Crippen LogP contribution in [0.25, 0.3) is 0 Å². The average Bonchev–Trinajstić information content (AvgIpc) is 2.69.